The monoisotopic (exact) mass is 298 g/mol. The first kappa shape index (κ1) is 18.2. The number of unbranched alkanes of at least 4 members (excludes halogenated alkanes) is 9. The standard InChI is InChI=1S/C12H27AsO.ClH/c13-11-9-7-5-3-1-2-4-6-8-10-12-14;/h14H,1-13H2;1H. The van der Waals surface area contributed by atoms with Crippen molar-refractivity contribution in [2.45, 2.75) is 69.4 Å². The number of aliphatic hydroxyl groups is 1. The Morgan fingerprint density at radius 2 is 0.933 bits per heavy atom. The molecule has 0 aliphatic heterocycles. The van der Waals surface area contributed by atoms with Gasteiger partial charge in [0.2, 0.25) is 0 Å². The molecule has 0 heterocycles. The molecule has 0 saturated carbocycles. The molecule has 94 valence electrons. The SMILES string of the molecule is Cl.OCCCCCCCCCCCC[AsH2]. The van der Waals surface area contributed by atoms with E-state index in [-0.39, 0.29) is 12.4 Å². The van der Waals surface area contributed by atoms with E-state index in [1.807, 2.05) is 16.9 Å². The second-order valence-electron chi connectivity index (χ2n) is 4.05. The van der Waals surface area contributed by atoms with E-state index >= 15 is 0 Å². The normalized spacial score (nSPS) is 10.0. The molecular weight excluding hydrogens is 271 g/mol. The summed E-state index contributed by atoms with van der Waals surface area (Å²) in [5.41, 5.74) is 0. The van der Waals surface area contributed by atoms with Gasteiger partial charge in [0.15, 0.2) is 0 Å². The van der Waals surface area contributed by atoms with Gasteiger partial charge in [0.05, 0.1) is 0 Å². The van der Waals surface area contributed by atoms with Crippen LogP contribution in [0.3, 0.4) is 0 Å². The fourth-order valence-corrected chi connectivity index (χ4v) is 2.28. The van der Waals surface area contributed by atoms with Gasteiger partial charge >= 0.3 is 92.9 Å². The Morgan fingerprint density at radius 1 is 0.600 bits per heavy atom. The van der Waals surface area contributed by atoms with Crippen molar-refractivity contribution >= 4 is 29.3 Å². The Bertz CT molecular complexity index is 89.6. The topological polar surface area (TPSA) is 20.2 Å². The fourth-order valence-electron chi connectivity index (χ4n) is 1.67. The summed E-state index contributed by atoms with van der Waals surface area (Å²) in [6, 6.07) is 0. The van der Waals surface area contributed by atoms with Crippen molar-refractivity contribution in [3.63, 3.8) is 0 Å². The van der Waals surface area contributed by atoms with Crippen molar-refractivity contribution in [2.24, 2.45) is 0 Å². The second-order valence-corrected chi connectivity index (χ2v) is 5.26. The van der Waals surface area contributed by atoms with Crippen LogP contribution in [-0.4, -0.2) is 28.6 Å². The first-order valence-electron chi connectivity index (χ1n) is 6.22. The minimum absolute atomic E-state index is 0. The van der Waals surface area contributed by atoms with Gasteiger partial charge < -0.3 is 5.11 Å². The summed E-state index contributed by atoms with van der Waals surface area (Å²) in [7, 11) is 0. The van der Waals surface area contributed by atoms with E-state index in [9.17, 15) is 0 Å². The van der Waals surface area contributed by atoms with Gasteiger partial charge in [0.25, 0.3) is 0 Å². The van der Waals surface area contributed by atoms with E-state index in [0.717, 1.165) is 6.42 Å². The van der Waals surface area contributed by atoms with Crippen molar-refractivity contribution in [3.05, 3.63) is 0 Å². The molecule has 0 spiro atoms. The van der Waals surface area contributed by atoms with Crippen LogP contribution < -0.4 is 0 Å². The molecule has 0 radical (unpaired) electrons. The van der Waals surface area contributed by atoms with Gasteiger partial charge in [-0.25, -0.2) is 0 Å². The number of aliphatic hydroxyl groups excluding tert-OH is 1. The molecule has 0 saturated heterocycles. The summed E-state index contributed by atoms with van der Waals surface area (Å²) in [6.45, 7) is 0.374. The van der Waals surface area contributed by atoms with E-state index < -0.39 is 0 Å². The summed E-state index contributed by atoms with van der Waals surface area (Å²) in [5.74, 6) is 0. The molecule has 1 unspecified atom stereocenters. The van der Waals surface area contributed by atoms with Crippen LogP contribution in [0.4, 0.5) is 0 Å². The van der Waals surface area contributed by atoms with Gasteiger partial charge in [-0.15, -0.1) is 12.4 Å². The van der Waals surface area contributed by atoms with Crippen molar-refractivity contribution in [1.82, 2.24) is 0 Å². The average molecular weight is 299 g/mol. The number of hydrogen-bond donors (Lipinski definition) is 1. The molecule has 0 aliphatic carbocycles. The van der Waals surface area contributed by atoms with Crippen LogP contribution in [0.15, 0.2) is 0 Å². The van der Waals surface area contributed by atoms with Gasteiger partial charge in [-0.3, -0.25) is 0 Å². The molecule has 0 amide bonds. The zero-order chi connectivity index (χ0) is 10.5. The summed E-state index contributed by atoms with van der Waals surface area (Å²) in [4.78, 5) is 0. The summed E-state index contributed by atoms with van der Waals surface area (Å²) >= 11 is 1.87. The summed E-state index contributed by atoms with van der Waals surface area (Å²) in [6.07, 6.45) is 13.5. The Kier molecular flexibility index (Phi) is 20.9. The van der Waals surface area contributed by atoms with E-state index in [4.69, 9.17) is 5.11 Å². The third kappa shape index (κ3) is 17.4. The molecule has 15 heavy (non-hydrogen) atoms. The number of hydrogen-bond acceptors (Lipinski definition) is 1. The van der Waals surface area contributed by atoms with Crippen molar-refractivity contribution < 1.29 is 5.11 Å². The Hall–Kier alpha value is 0.808. The zero-order valence-electron chi connectivity index (χ0n) is 9.92. The number of halogens is 1. The fraction of sp³-hybridized carbons (Fsp3) is 1.00. The van der Waals surface area contributed by atoms with Gasteiger partial charge in [-0.1, -0.05) is 0 Å². The van der Waals surface area contributed by atoms with Crippen LogP contribution in [0, 0.1) is 0 Å². The van der Waals surface area contributed by atoms with E-state index in [2.05, 4.69) is 0 Å². The third-order valence-electron chi connectivity index (χ3n) is 2.61. The maximum absolute atomic E-state index is 8.59. The quantitative estimate of drug-likeness (QED) is 0.458. The molecule has 0 fully saturated rings. The second kappa shape index (κ2) is 17.2. The molecule has 1 nitrogen and oxygen atoms in total. The van der Waals surface area contributed by atoms with E-state index in [1.165, 1.54) is 63.0 Å². The van der Waals surface area contributed by atoms with Crippen LogP contribution in [-0.2, 0) is 0 Å². The molecular formula is C12H28AsClO. The predicted molar refractivity (Wildman–Crippen MR) is 73.9 cm³/mol. The predicted octanol–water partition coefficient (Wildman–Crippen LogP) is 3.35. The van der Waals surface area contributed by atoms with Crippen molar-refractivity contribution in [1.29, 1.82) is 0 Å². The minimum atomic E-state index is 0. The molecule has 1 N–H and O–H groups in total. The Balaban J connectivity index is 0. The van der Waals surface area contributed by atoms with Crippen LogP contribution in [0.2, 0.25) is 5.21 Å². The van der Waals surface area contributed by atoms with Gasteiger partial charge in [-0.2, -0.15) is 0 Å². The molecule has 0 aromatic carbocycles. The molecule has 1 atom stereocenters. The Labute approximate surface area is 110 Å². The van der Waals surface area contributed by atoms with Crippen LogP contribution >= 0.6 is 12.4 Å². The van der Waals surface area contributed by atoms with Crippen LogP contribution in [0.1, 0.15) is 64.2 Å². The maximum atomic E-state index is 8.59. The average Bonchev–Trinajstić information content (AvgIpc) is 2.21. The van der Waals surface area contributed by atoms with Crippen LogP contribution in [0.5, 0.6) is 0 Å². The van der Waals surface area contributed by atoms with Crippen molar-refractivity contribution in [3.8, 4) is 0 Å². The molecule has 0 rings (SSSR count). The molecule has 0 aromatic heterocycles. The molecule has 3 heteroatoms. The van der Waals surface area contributed by atoms with Crippen LogP contribution in [0.25, 0.3) is 0 Å². The third-order valence-corrected chi connectivity index (χ3v) is 3.47. The van der Waals surface area contributed by atoms with Crippen molar-refractivity contribution in [2.75, 3.05) is 6.61 Å². The van der Waals surface area contributed by atoms with E-state index in [0.29, 0.717) is 6.61 Å². The van der Waals surface area contributed by atoms with Gasteiger partial charge in [0, 0.05) is 0 Å². The zero-order valence-corrected chi connectivity index (χ0v) is 13.2. The summed E-state index contributed by atoms with van der Waals surface area (Å²) < 4.78 is 0. The molecule has 0 aromatic rings. The molecule has 0 bridgehead atoms. The summed E-state index contributed by atoms with van der Waals surface area (Å²) in [5, 5.41) is 10.0. The van der Waals surface area contributed by atoms with Gasteiger partial charge in [-0.05, 0) is 0 Å². The molecule has 0 aliphatic rings. The number of rotatable bonds is 11. The van der Waals surface area contributed by atoms with Gasteiger partial charge in [0.1, 0.15) is 0 Å². The first-order chi connectivity index (χ1) is 6.91. The first-order valence-corrected chi connectivity index (χ1v) is 7.94. The Morgan fingerprint density at radius 3 is 1.27 bits per heavy atom. The van der Waals surface area contributed by atoms with E-state index in [1.54, 1.807) is 0 Å².